The maximum absolute atomic E-state index is 11.8. The van der Waals surface area contributed by atoms with E-state index < -0.39 is 0 Å². The number of guanidine groups is 1. The van der Waals surface area contributed by atoms with Gasteiger partial charge in [-0.25, -0.2) is 0 Å². The Hall–Kier alpha value is -0.570. The highest BCUT2D eigenvalue weighted by atomic mass is 127. The normalized spacial score (nSPS) is 15.9. The zero-order valence-electron chi connectivity index (χ0n) is 17.0. The van der Waals surface area contributed by atoms with Crippen molar-refractivity contribution in [3.05, 3.63) is 0 Å². The third-order valence-electron chi connectivity index (χ3n) is 4.17. The number of halogens is 1. The molecule has 1 aliphatic carbocycles. The zero-order valence-corrected chi connectivity index (χ0v) is 19.4. The summed E-state index contributed by atoms with van der Waals surface area (Å²) in [5, 5.41) is 9.20. The Bertz CT molecular complexity index is 405. The van der Waals surface area contributed by atoms with E-state index in [-0.39, 0.29) is 42.0 Å². The van der Waals surface area contributed by atoms with E-state index in [1.165, 1.54) is 32.1 Å². The predicted molar refractivity (Wildman–Crippen MR) is 119 cm³/mol. The van der Waals surface area contributed by atoms with Gasteiger partial charge in [0.15, 0.2) is 5.96 Å². The number of nitrogens with one attached hydrogen (secondary N) is 3. The molecular formula is C19H39IN4O2. The van der Waals surface area contributed by atoms with Gasteiger partial charge in [-0.15, -0.1) is 24.0 Å². The molecule has 1 fully saturated rings. The fourth-order valence-corrected chi connectivity index (χ4v) is 2.94. The van der Waals surface area contributed by atoms with Crippen LogP contribution in [0.4, 0.5) is 0 Å². The molecule has 0 saturated heterocycles. The van der Waals surface area contributed by atoms with Crippen LogP contribution in [0.25, 0.3) is 0 Å². The summed E-state index contributed by atoms with van der Waals surface area (Å²) in [6.45, 7) is 7.86. The second-order valence-corrected chi connectivity index (χ2v) is 7.84. The van der Waals surface area contributed by atoms with Crippen LogP contribution >= 0.6 is 24.0 Å². The van der Waals surface area contributed by atoms with Crippen LogP contribution in [0, 0.1) is 0 Å². The Balaban J connectivity index is 0.00000625. The van der Waals surface area contributed by atoms with Crippen molar-refractivity contribution >= 4 is 35.8 Å². The molecule has 154 valence electrons. The first-order valence-electron chi connectivity index (χ1n) is 9.78. The SMILES string of the molecule is CN=C(NCCCCCOC1CCCCC1)NCC(=O)NC(C)(C)C.I. The van der Waals surface area contributed by atoms with Gasteiger partial charge in [-0.3, -0.25) is 9.79 Å². The van der Waals surface area contributed by atoms with E-state index in [0.717, 1.165) is 32.4 Å². The van der Waals surface area contributed by atoms with E-state index >= 15 is 0 Å². The second kappa shape index (κ2) is 14.5. The summed E-state index contributed by atoms with van der Waals surface area (Å²) in [5.74, 6) is 0.637. The summed E-state index contributed by atoms with van der Waals surface area (Å²) in [6.07, 6.45) is 10.3. The van der Waals surface area contributed by atoms with E-state index in [4.69, 9.17) is 4.74 Å². The molecule has 0 unspecified atom stereocenters. The van der Waals surface area contributed by atoms with Crippen molar-refractivity contribution in [3.63, 3.8) is 0 Å². The third-order valence-corrected chi connectivity index (χ3v) is 4.17. The lowest BCUT2D eigenvalue weighted by Gasteiger charge is -2.22. The Morgan fingerprint density at radius 3 is 2.38 bits per heavy atom. The largest absolute Gasteiger partial charge is 0.378 e. The number of aliphatic imine (C=N–C) groups is 1. The molecular weight excluding hydrogens is 443 g/mol. The minimum Gasteiger partial charge on any atom is -0.378 e. The van der Waals surface area contributed by atoms with Crippen molar-refractivity contribution in [2.24, 2.45) is 4.99 Å². The molecule has 7 heteroatoms. The fourth-order valence-electron chi connectivity index (χ4n) is 2.94. The molecule has 0 spiro atoms. The van der Waals surface area contributed by atoms with Crippen molar-refractivity contribution in [2.75, 3.05) is 26.7 Å². The van der Waals surface area contributed by atoms with Gasteiger partial charge in [0.1, 0.15) is 0 Å². The fraction of sp³-hybridized carbons (Fsp3) is 0.895. The summed E-state index contributed by atoms with van der Waals surface area (Å²) in [5.41, 5.74) is -0.213. The van der Waals surface area contributed by atoms with Gasteiger partial charge in [-0.1, -0.05) is 19.3 Å². The van der Waals surface area contributed by atoms with Crippen LogP contribution in [-0.4, -0.2) is 50.3 Å². The van der Waals surface area contributed by atoms with Gasteiger partial charge < -0.3 is 20.7 Å². The number of rotatable bonds is 9. The second-order valence-electron chi connectivity index (χ2n) is 7.84. The molecule has 0 bridgehead atoms. The van der Waals surface area contributed by atoms with E-state index in [1.54, 1.807) is 7.05 Å². The molecule has 0 aromatic carbocycles. The highest BCUT2D eigenvalue weighted by molar-refractivity contribution is 14.0. The van der Waals surface area contributed by atoms with Crippen LogP contribution in [-0.2, 0) is 9.53 Å². The minimum atomic E-state index is -0.213. The van der Waals surface area contributed by atoms with E-state index in [1.807, 2.05) is 20.8 Å². The van der Waals surface area contributed by atoms with Crippen LogP contribution in [0.15, 0.2) is 4.99 Å². The van der Waals surface area contributed by atoms with Gasteiger partial charge in [0.2, 0.25) is 5.91 Å². The number of nitrogens with zero attached hydrogens (tertiary/aromatic N) is 1. The third kappa shape index (κ3) is 13.6. The molecule has 0 heterocycles. The number of hydrogen-bond donors (Lipinski definition) is 3. The van der Waals surface area contributed by atoms with Gasteiger partial charge in [-0.05, 0) is 52.9 Å². The average molecular weight is 482 g/mol. The Kier molecular flexibility index (Phi) is 14.2. The van der Waals surface area contributed by atoms with Gasteiger partial charge >= 0.3 is 0 Å². The Morgan fingerprint density at radius 2 is 1.77 bits per heavy atom. The van der Waals surface area contributed by atoms with Crippen molar-refractivity contribution in [2.45, 2.75) is 83.8 Å². The van der Waals surface area contributed by atoms with E-state index in [9.17, 15) is 4.79 Å². The summed E-state index contributed by atoms with van der Waals surface area (Å²) in [7, 11) is 1.72. The summed E-state index contributed by atoms with van der Waals surface area (Å²) in [6, 6.07) is 0. The van der Waals surface area contributed by atoms with Gasteiger partial charge in [0.25, 0.3) is 0 Å². The number of hydrogen-bond acceptors (Lipinski definition) is 3. The quantitative estimate of drug-likeness (QED) is 0.204. The highest BCUT2D eigenvalue weighted by Gasteiger charge is 2.14. The van der Waals surface area contributed by atoms with Gasteiger partial charge in [0, 0.05) is 25.7 Å². The predicted octanol–water partition coefficient (Wildman–Crippen LogP) is 3.20. The molecule has 0 radical (unpaired) electrons. The molecule has 0 aromatic heterocycles. The van der Waals surface area contributed by atoms with Crippen molar-refractivity contribution < 1.29 is 9.53 Å². The van der Waals surface area contributed by atoms with E-state index in [2.05, 4.69) is 20.9 Å². The summed E-state index contributed by atoms with van der Waals surface area (Å²) in [4.78, 5) is 15.9. The Morgan fingerprint density at radius 1 is 1.08 bits per heavy atom. The maximum atomic E-state index is 11.8. The number of carbonyl (C=O) groups is 1. The molecule has 1 aliphatic rings. The maximum Gasteiger partial charge on any atom is 0.239 e. The van der Waals surface area contributed by atoms with Crippen molar-refractivity contribution in [1.29, 1.82) is 0 Å². The average Bonchev–Trinajstić information content (AvgIpc) is 2.56. The molecule has 1 saturated carbocycles. The first kappa shape index (κ1) is 25.4. The number of amides is 1. The molecule has 1 rings (SSSR count). The smallest absolute Gasteiger partial charge is 0.239 e. The van der Waals surface area contributed by atoms with Crippen molar-refractivity contribution in [1.82, 2.24) is 16.0 Å². The van der Waals surface area contributed by atoms with Crippen LogP contribution in [0.2, 0.25) is 0 Å². The monoisotopic (exact) mass is 482 g/mol. The van der Waals surface area contributed by atoms with Gasteiger partial charge in [-0.2, -0.15) is 0 Å². The summed E-state index contributed by atoms with van der Waals surface area (Å²) >= 11 is 0. The standard InChI is InChI=1S/C19H38N4O2.HI/c1-19(2,3)23-17(24)15-22-18(20-4)21-13-9-6-10-14-25-16-11-7-5-8-12-16;/h16H,5-15H2,1-4H3,(H,23,24)(H2,20,21,22);1H. The molecule has 0 aromatic rings. The molecule has 6 nitrogen and oxygen atoms in total. The summed E-state index contributed by atoms with van der Waals surface area (Å²) < 4.78 is 5.94. The van der Waals surface area contributed by atoms with Crippen LogP contribution in [0.3, 0.4) is 0 Å². The van der Waals surface area contributed by atoms with E-state index in [0.29, 0.717) is 12.1 Å². The van der Waals surface area contributed by atoms with Crippen LogP contribution in [0.5, 0.6) is 0 Å². The minimum absolute atomic E-state index is 0. The topological polar surface area (TPSA) is 74.8 Å². The first-order valence-corrected chi connectivity index (χ1v) is 9.78. The van der Waals surface area contributed by atoms with Crippen molar-refractivity contribution in [3.8, 4) is 0 Å². The van der Waals surface area contributed by atoms with Crippen LogP contribution < -0.4 is 16.0 Å². The molecule has 26 heavy (non-hydrogen) atoms. The number of carbonyl (C=O) groups excluding carboxylic acids is 1. The lowest BCUT2D eigenvalue weighted by molar-refractivity contribution is -0.121. The molecule has 1 amide bonds. The van der Waals surface area contributed by atoms with Gasteiger partial charge in [0.05, 0.1) is 12.6 Å². The number of unbranched alkanes of at least 4 members (excludes halogenated alkanes) is 2. The lowest BCUT2D eigenvalue weighted by Crippen LogP contribution is -2.48. The first-order chi connectivity index (χ1) is 11.9. The molecule has 0 atom stereocenters. The van der Waals surface area contributed by atoms with Crippen LogP contribution in [0.1, 0.15) is 72.1 Å². The Labute approximate surface area is 176 Å². The molecule has 0 aliphatic heterocycles. The molecule has 3 N–H and O–H groups in total. The highest BCUT2D eigenvalue weighted by Crippen LogP contribution is 2.20. The number of ether oxygens (including phenoxy) is 1. The lowest BCUT2D eigenvalue weighted by atomic mass is 9.98. The zero-order chi connectivity index (χ0) is 18.5.